The maximum Gasteiger partial charge on any atom is 0.237 e. The van der Waals surface area contributed by atoms with Crippen molar-refractivity contribution < 1.29 is 4.74 Å². The maximum atomic E-state index is 6.15. The zero-order valence-corrected chi connectivity index (χ0v) is 9.79. The van der Waals surface area contributed by atoms with E-state index in [1.807, 2.05) is 19.1 Å². The van der Waals surface area contributed by atoms with Gasteiger partial charge >= 0.3 is 0 Å². The fourth-order valence-electron chi connectivity index (χ4n) is 1.66. The first-order valence-electron chi connectivity index (χ1n) is 5.26. The zero-order valence-electron chi connectivity index (χ0n) is 9.79. The maximum absolute atomic E-state index is 6.15. The largest absolute Gasteiger partial charge is 0.480 e. The monoisotopic (exact) mass is 230 g/mol. The summed E-state index contributed by atoms with van der Waals surface area (Å²) in [6.07, 6.45) is 4.88. The second-order valence-corrected chi connectivity index (χ2v) is 3.63. The number of nitrogens with zero attached hydrogens (tertiary/aromatic N) is 3. The lowest BCUT2D eigenvalue weighted by atomic mass is 10.1. The van der Waals surface area contributed by atoms with Gasteiger partial charge in [-0.1, -0.05) is 6.07 Å². The summed E-state index contributed by atoms with van der Waals surface area (Å²) in [5, 5.41) is 0. The van der Waals surface area contributed by atoms with Gasteiger partial charge in [0.1, 0.15) is 5.69 Å². The van der Waals surface area contributed by atoms with Gasteiger partial charge in [-0.25, -0.2) is 4.98 Å². The standard InChI is InChI=1S/C12H14N4O/c1-8-4-3-5-14-10(8)9(13)11-12(17-2)16-7-6-15-11/h3-7,9H,13H2,1-2H3. The third-order valence-corrected chi connectivity index (χ3v) is 2.52. The lowest BCUT2D eigenvalue weighted by Crippen LogP contribution is -2.17. The van der Waals surface area contributed by atoms with Gasteiger partial charge in [0.2, 0.25) is 5.88 Å². The summed E-state index contributed by atoms with van der Waals surface area (Å²) < 4.78 is 5.15. The SMILES string of the molecule is COc1nccnc1C(N)c1ncccc1C. The molecule has 1 unspecified atom stereocenters. The van der Waals surface area contributed by atoms with E-state index in [0.29, 0.717) is 11.6 Å². The molecule has 0 aliphatic heterocycles. The third-order valence-electron chi connectivity index (χ3n) is 2.52. The molecule has 88 valence electrons. The highest BCUT2D eigenvalue weighted by molar-refractivity contribution is 5.32. The van der Waals surface area contributed by atoms with Crippen LogP contribution in [-0.2, 0) is 0 Å². The number of aryl methyl sites for hydroxylation is 1. The molecule has 2 aromatic heterocycles. The second-order valence-electron chi connectivity index (χ2n) is 3.63. The fraction of sp³-hybridized carbons (Fsp3) is 0.250. The van der Waals surface area contributed by atoms with Crippen LogP contribution in [0.1, 0.15) is 23.0 Å². The molecular formula is C12H14N4O. The number of rotatable bonds is 3. The summed E-state index contributed by atoms with van der Waals surface area (Å²) in [5.41, 5.74) is 8.55. The van der Waals surface area contributed by atoms with Crippen molar-refractivity contribution in [2.45, 2.75) is 13.0 Å². The molecule has 2 heterocycles. The molecule has 0 spiro atoms. The Balaban J connectivity index is 2.44. The Kier molecular flexibility index (Phi) is 3.30. The number of aromatic nitrogens is 3. The van der Waals surface area contributed by atoms with Crippen LogP contribution in [0.15, 0.2) is 30.7 Å². The summed E-state index contributed by atoms with van der Waals surface area (Å²) in [7, 11) is 1.55. The minimum atomic E-state index is -0.431. The molecule has 0 bridgehead atoms. The van der Waals surface area contributed by atoms with E-state index in [2.05, 4.69) is 15.0 Å². The number of methoxy groups -OCH3 is 1. The highest BCUT2D eigenvalue weighted by Crippen LogP contribution is 2.24. The van der Waals surface area contributed by atoms with Crippen molar-refractivity contribution in [3.63, 3.8) is 0 Å². The fourth-order valence-corrected chi connectivity index (χ4v) is 1.66. The van der Waals surface area contributed by atoms with E-state index in [-0.39, 0.29) is 0 Å². The van der Waals surface area contributed by atoms with Gasteiger partial charge in [0.15, 0.2) is 0 Å². The van der Waals surface area contributed by atoms with Gasteiger partial charge in [0.05, 0.1) is 18.8 Å². The average molecular weight is 230 g/mol. The molecule has 1 atom stereocenters. The zero-order chi connectivity index (χ0) is 12.3. The van der Waals surface area contributed by atoms with Gasteiger partial charge in [-0.3, -0.25) is 9.97 Å². The molecule has 5 heteroatoms. The molecule has 2 rings (SSSR count). The van der Waals surface area contributed by atoms with Crippen molar-refractivity contribution in [2.24, 2.45) is 5.73 Å². The van der Waals surface area contributed by atoms with Gasteiger partial charge in [0.25, 0.3) is 0 Å². The van der Waals surface area contributed by atoms with Crippen LogP contribution < -0.4 is 10.5 Å². The summed E-state index contributed by atoms with van der Waals surface area (Å²) in [6.45, 7) is 1.96. The van der Waals surface area contributed by atoms with Crippen molar-refractivity contribution >= 4 is 0 Å². The Morgan fingerprint density at radius 2 is 1.82 bits per heavy atom. The molecule has 0 aliphatic rings. The minimum Gasteiger partial charge on any atom is -0.480 e. The topological polar surface area (TPSA) is 73.9 Å². The van der Waals surface area contributed by atoms with Crippen LogP contribution in [0.3, 0.4) is 0 Å². The molecule has 0 aliphatic carbocycles. The lowest BCUT2D eigenvalue weighted by molar-refractivity contribution is 0.386. The van der Waals surface area contributed by atoms with E-state index < -0.39 is 6.04 Å². The number of nitrogens with two attached hydrogens (primary N) is 1. The first kappa shape index (κ1) is 11.5. The van der Waals surface area contributed by atoms with Gasteiger partial charge in [-0.2, -0.15) is 0 Å². The molecule has 0 aromatic carbocycles. The van der Waals surface area contributed by atoms with Crippen LogP contribution in [0.5, 0.6) is 5.88 Å². The highest BCUT2D eigenvalue weighted by Gasteiger charge is 2.18. The second kappa shape index (κ2) is 4.88. The summed E-state index contributed by atoms with van der Waals surface area (Å²) in [5.74, 6) is 0.435. The summed E-state index contributed by atoms with van der Waals surface area (Å²) >= 11 is 0. The first-order valence-corrected chi connectivity index (χ1v) is 5.26. The Morgan fingerprint density at radius 1 is 1.12 bits per heavy atom. The number of hydrogen-bond donors (Lipinski definition) is 1. The molecule has 0 fully saturated rings. The van der Waals surface area contributed by atoms with Crippen molar-refractivity contribution in [1.82, 2.24) is 15.0 Å². The van der Waals surface area contributed by atoms with Gasteiger partial charge in [-0.05, 0) is 18.6 Å². The quantitative estimate of drug-likeness (QED) is 0.858. The smallest absolute Gasteiger partial charge is 0.237 e. The summed E-state index contributed by atoms with van der Waals surface area (Å²) in [4.78, 5) is 12.6. The summed E-state index contributed by atoms with van der Waals surface area (Å²) in [6, 6.07) is 3.41. The van der Waals surface area contributed by atoms with Crippen LogP contribution >= 0.6 is 0 Å². The molecule has 0 saturated carbocycles. The molecule has 5 nitrogen and oxygen atoms in total. The van der Waals surface area contributed by atoms with Gasteiger partial charge in [-0.15, -0.1) is 0 Å². The van der Waals surface area contributed by atoms with Crippen molar-refractivity contribution in [2.75, 3.05) is 7.11 Å². The van der Waals surface area contributed by atoms with E-state index in [9.17, 15) is 0 Å². The van der Waals surface area contributed by atoms with Crippen LogP contribution in [0.2, 0.25) is 0 Å². The lowest BCUT2D eigenvalue weighted by Gasteiger charge is -2.14. The minimum absolute atomic E-state index is 0.431. The van der Waals surface area contributed by atoms with Gasteiger partial charge in [0, 0.05) is 18.6 Å². The van der Waals surface area contributed by atoms with Crippen LogP contribution in [0, 0.1) is 6.92 Å². The van der Waals surface area contributed by atoms with E-state index in [0.717, 1.165) is 11.3 Å². The molecule has 0 radical (unpaired) electrons. The Labute approximate surface area is 99.7 Å². The van der Waals surface area contributed by atoms with E-state index in [1.54, 1.807) is 25.7 Å². The van der Waals surface area contributed by atoms with Crippen molar-refractivity contribution in [3.05, 3.63) is 47.7 Å². The molecule has 17 heavy (non-hydrogen) atoms. The third kappa shape index (κ3) is 2.24. The normalized spacial score (nSPS) is 12.2. The van der Waals surface area contributed by atoms with Crippen molar-refractivity contribution in [1.29, 1.82) is 0 Å². The van der Waals surface area contributed by atoms with Crippen molar-refractivity contribution in [3.8, 4) is 5.88 Å². The first-order chi connectivity index (χ1) is 8.24. The number of ether oxygens (including phenoxy) is 1. The Morgan fingerprint density at radius 3 is 2.53 bits per heavy atom. The predicted molar refractivity (Wildman–Crippen MR) is 63.6 cm³/mol. The average Bonchev–Trinajstić information content (AvgIpc) is 2.38. The molecule has 2 N–H and O–H groups in total. The van der Waals surface area contributed by atoms with Crippen LogP contribution in [0.25, 0.3) is 0 Å². The van der Waals surface area contributed by atoms with E-state index in [4.69, 9.17) is 10.5 Å². The Bertz CT molecular complexity index is 515. The molecule has 2 aromatic rings. The van der Waals surface area contributed by atoms with E-state index in [1.165, 1.54) is 0 Å². The predicted octanol–water partition coefficient (Wildman–Crippen LogP) is 1.24. The molecule has 0 saturated heterocycles. The number of hydrogen-bond acceptors (Lipinski definition) is 5. The number of pyridine rings is 1. The molecule has 0 amide bonds. The molecular weight excluding hydrogens is 216 g/mol. The van der Waals surface area contributed by atoms with Crippen LogP contribution in [-0.4, -0.2) is 22.1 Å². The Hall–Kier alpha value is -2.01. The van der Waals surface area contributed by atoms with E-state index >= 15 is 0 Å². The van der Waals surface area contributed by atoms with Crippen LogP contribution in [0.4, 0.5) is 0 Å². The van der Waals surface area contributed by atoms with Gasteiger partial charge < -0.3 is 10.5 Å². The highest BCUT2D eigenvalue weighted by atomic mass is 16.5.